The molecule has 2 rings (SSSR count). The number of carboxylic acids is 1. The van der Waals surface area contributed by atoms with Crippen LogP contribution in [0.3, 0.4) is 0 Å². The average molecular weight is 425 g/mol. The summed E-state index contributed by atoms with van der Waals surface area (Å²) in [6.45, 7) is 2.21. The highest BCUT2D eigenvalue weighted by molar-refractivity contribution is 5.67. The van der Waals surface area contributed by atoms with Crippen molar-refractivity contribution in [1.82, 2.24) is 0 Å². The van der Waals surface area contributed by atoms with Crippen molar-refractivity contribution in [3.05, 3.63) is 12.2 Å². The number of aliphatic hydroxyl groups is 3. The van der Waals surface area contributed by atoms with Crippen LogP contribution in [0.4, 0.5) is 0 Å². The number of carboxylic acid groups (broad SMARTS) is 1. The van der Waals surface area contributed by atoms with Crippen LogP contribution in [0.15, 0.2) is 12.2 Å². The minimum Gasteiger partial charge on any atom is -0.481 e. The molecule has 4 N–H and O–H groups in total. The molecule has 2 unspecified atom stereocenters. The first-order valence-corrected chi connectivity index (χ1v) is 12.3. The Bertz CT molecular complexity index is 530. The topological polar surface area (TPSA) is 98.0 Å². The van der Waals surface area contributed by atoms with E-state index in [4.69, 9.17) is 5.11 Å². The molecular weight excluding hydrogens is 380 g/mol. The molecule has 2 saturated carbocycles. The second-order valence-corrected chi connectivity index (χ2v) is 9.84. The van der Waals surface area contributed by atoms with Crippen LogP contribution in [0.5, 0.6) is 0 Å². The molecule has 2 aliphatic carbocycles. The Hall–Kier alpha value is -0.910. The third-order valence-corrected chi connectivity index (χ3v) is 7.22. The van der Waals surface area contributed by atoms with Crippen molar-refractivity contribution in [2.45, 2.75) is 121 Å². The minimum absolute atomic E-state index is 0.150. The summed E-state index contributed by atoms with van der Waals surface area (Å²) < 4.78 is 0. The van der Waals surface area contributed by atoms with Crippen LogP contribution in [0.2, 0.25) is 0 Å². The van der Waals surface area contributed by atoms with Crippen molar-refractivity contribution in [3.63, 3.8) is 0 Å². The molecule has 30 heavy (non-hydrogen) atoms. The van der Waals surface area contributed by atoms with Gasteiger partial charge in [0.25, 0.3) is 0 Å². The fourth-order valence-electron chi connectivity index (χ4n) is 5.18. The number of aliphatic hydroxyl groups excluding tert-OH is 2. The molecule has 0 aromatic carbocycles. The standard InChI is InChI=1S/C25H44O5/c1-2-3-4-7-16-25(30,20-13-14-20)17-8-11-22-19(12-15-23(22)27)9-5-6-10-21(26)18-24(28)29/h8,11,19-23,26-27,30H,2-7,9-10,12-18H2,1H3,(H,28,29)/t19-,21?,22+,23+,25?/m0/s1. The maximum Gasteiger partial charge on any atom is 0.305 e. The van der Waals surface area contributed by atoms with Crippen LogP contribution in [-0.4, -0.2) is 44.2 Å². The maximum absolute atomic E-state index is 11.2. The van der Waals surface area contributed by atoms with Gasteiger partial charge in [-0.2, -0.15) is 0 Å². The summed E-state index contributed by atoms with van der Waals surface area (Å²) in [4.78, 5) is 10.6. The van der Waals surface area contributed by atoms with Crippen molar-refractivity contribution >= 4 is 5.97 Å². The number of carbonyl (C=O) groups is 1. The molecule has 0 spiro atoms. The number of hydrogen-bond acceptors (Lipinski definition) is 4. The molecular formula is C25H44O5. The summed E-state index contributed by atoms with van der Waals surface area (Å²) in [7, 11) is 0. The van der Waals surface area contributed by atoms with Crippen molar-refractivity contribution in [2.24, 2.45) is 17.8 Å². The SMILES string of the molecule is CCCCCCC(O)(CC=C[C@@H]1[C@@H](CCCCC(O)CC(=O)O)CC[C@H]1O)C1CC1. The van der Waals surface area contributed by atoms with Gasteiger partial charge in [0.05, 0.1) is 24.2 Å². The van der Waals surface area contributed by atoms with Crippen LogP contribution in [0.1, 0.15) is 103 Å². The lowest BCUT2D eigenvalue weighted by molar-refractivity contribution is -0.139. The first-order valence-electron chi connectivity index (χ1n) is 12.3. The van der Waals surface area contributed by atoms with Gasteiger partial charge in [0.15, 0.2) is 0 Å². The Labute approximate surface area is 182 Å². The van der Waals surface area contributed by atoms with E-state index in [2.05, 4.69) is 19.1 Å². The van der Waals surface area contributed by atoms with E-state index in [-0.39, 0.29) is 18.4 Å². The Kier molecular flexibility index (Phi) is 10.8. The monoisotopic (exact) mass is 424 g/mol. The summed E-state index contributed by atoms with van der Waals surface area (Å²) in [5, 5.41) is 40.0. The largest absolute Gasteiger partial charge is 0.481 e. The van der Waals surface area contributed by atoms with Crippen LogP contribution in [0, 0.1) is 17.8 Å². The average Bonchev–Trinajstić information content (AvgIpc) is 3.49. The summed E-state index contributed by atoms with van der Waals surface area (Å²) in [6.07, 6.45) is 16.7. The van der Waals surface area contributed by atoms with Gasteiger partial charge in [0.1, 0.15) is 0 Å². The lowest BCUT2D eigenvalue weighted by atomic mass is 9.85. The predicted molar refractivity (Wildman–Crippen MR) is 119 cm³/mol. The second kappa shape index (κ2) is 12.8. The van der Waals surface area contributed by atoms with Crippen LogP contribution >= 0.6 is 0 Å². The van der Waals surface area contributed by atoms with E-state index in [9.17, 15) is 20.1 Å². The Balaban J connectivity index is 1.76. The fraction of sp³-hybridized carbons (Fsp3) is 0.880. The Morgan fingerprint density at radius 3 is 2.53 bits per heavy atom. The Morgan fingerprint density at radius 1 is 1.10 bits per heavy atom. The summed E-state index contributed by atoms with van der Waals surface area (Å²) in [5.41, 5.74) is -0.566. The molecule has 0 aromatic heterocycles. The van der Waals surface area contributed by atoms with Gasteiger partial charge in [-0.15, -0.1) is 0 Å². The number of unbranched alkanes of at least 4 members (excludes halogenated alkanes) is 4. The third kappa shape index (κ3) is 8.68. The zero-order chi connectivity index (χ0) is 22.0. The fourth-order valence-corrected chi connectivity index (χ4v) is 5.18. The third-order valence-electron chi connectivity index (χ3n) is 7.22. The summed E-state index contributed by atoms with van der Waals surface area (Å²) >= 11 is 0. The minimum atomic E-state index is -0.955. The lowest BCUT2D eigenvalue weighted by Crippen LogP contribution is -2.30. The van der Waals surface area contributed by atoms with Gasteiger partial charge in [0, 0.05) is 5.92 Å². The van der Waals surface area contributed by atoms with Crippen molar-refractivity contribution in [2.75, 3.05) is 0 Å². The van der Waals surface area contributed by atoms with E-state index in [1.807, 2.05) is 0 Å². The molecule has 5 nitrogen and oxygen atoms in total. The van der Waals surface area contributed by atoms with Crippen LogP contribution in [0.25, 0.3) is 0 Å². The molecule has 0 aromatic rings. The molecule has 2 fully saturated rings. The highest BCUT2D eigenvalue weighted by Crippen LogP contribution is 2.45. The summed E-state index contributed by atoms with van der Waals surface area (Å²) in [5.74, 6) is 0.0809. The maximum atomic E-state index is 11.2. The predicted octanol–water partition coefficient (Wildman–Crippen LogP) is 4.83. The Morgan fingerprint density at radius 2 is 1.87 bits per heavy atom. The molecule has 174 valence electrons. The van der Waals surface area contributed by atoms with E-state index < -0.39 is 17.7 Å². The molecule has 0 amide bonds. The van der Waals surface area contributed by atoms with Crippen molar-refractivity contribution in [1.29, 1.82) is 0 Å². The molecule has 5 heteroatoms. The number of rotatable bonds is 16. The normalized spacial score (nSPS) is 27.4. The summed E-state index contributed by atoms with van der Waals surface area (Å²) in [6, 6.07) is 0. The van der Waals surface area contributed by atoms with Gasteiger partial charge in [-0.3, -0.25) is 4.79 Å². The zero-order valence-electron chi connectivity index (χ0n) is 18.8. The molecule has 0 heterocycles. The molecule has 2 aliphatic rings. The number of aliphatic carboxylic acids is 1. The van der Waals surface area contributed by atoms with Crippen LogP contribution in [-0.2, 0) is 4.79 Å². The van der Waals surface area contributed by atoms with Crippen molar-refractivity contribution < 1.29 is 25.2 Å². The van der Waals surface area contributed by atoms with E-state index >= 15 is 0 Å². The highest BCUT2D eigenvalue weighted by atomic mass is 16.4. The van der Waals surface area contributed by atoms with Crippen LogP contribution < -0.4 is 0 Å². The second-order valence-electron chi connectivity index (χ2n) is 9.84. The first-order chi connectivity index (χ1) is 14.4. The smallest absolute Gasteiger partial charge is 0.305 e. The van der Waals surface area contributed by atoms with Crippen molar-refractivity contribution in [3.8, 4) is 0 Å². The van der Waals surface area contributed by atoms with E-state index in [0.29, 0.717) is 24.7 Å². The highest BCUT2D eigenvalue weighted by Gasteiger charge is 2.42. The first kappa shape index (κ1) is 25.4. The van der Waals surface area contributed by atoms with Gasteiger partial charge < -0.3 is 20.4 Å². The van der Waals surface area contributed by atoms with Gasteiger partial charge in [-0.05, 0) is 63.2 Å². The number of hydrogen-bond donors (Lipinski definition) is 4. The molecule has 0 bridgehead atoms. The van der Waals surface area contributed by atoms with Gasteiger partial charge in [-0.1, -0.05) is 57.6 Å². The van der Waals surface area contributed by atoms with E-state index in [1.165, 1.54) is 19.3 Å². The lowest BCUT2D eigenvalue weighted by Gasteiger charge is -2.27. The van der Waals surface area contributed by atoms with Gasteiger partial charge in [-0.25, -0.2) is 0 Å². The molecule has 5 atom stereocenters. The molecule has 0 aliphatic heterocycles. The van der Waals surface area contributed by atoms with E-state index in [1.54, 1.807) is 0 Å². The molecule has 0 radical (unpaired) electrons. The van der Waals surface area contributed by atoms with Gasteiger partial charge >= 0.3 is 5.97 Å². The quantitative estimate of drug-likeness (QED) is 0.210. The van der Waals surface area contributed by atoms with E-state index in [0.717, 1.165) is 57.8 Å². The zero-order valence-corrected chi connectivity index (χ0v) is 18.8. The van der Waals surface area contributed by atoms with Gasteiger partial charge in [0.2, 0.25) is 0 Å². The molecule has 0 saturated heterocycles.